The molecule has 1 aromatic heterocycles. The number of halogens is 2. The van der Waals surface area contributed by atoms with E-state index in [4.69, 9.17) is 11.6 Å². The first-order valence-corrected chi connectivity index (χ1v) is 5.59. The number of nitrogens with zero attached hydrogens (tertiary/aromatic N) is 3. The van der Waals surface area contributed by atoms with Gasteiger partial charge >= 0.3 is 0 Å². The molecule has 0 fully saturated rings. The lowest BCUT2D eigenvalue weighted by molar-refractivity contribution is 0.619. The maximum Gasteiger partial charge on any atom is 0.233 e. The molecule has 0 aliphatic heterocycles. The van der Waals surface area contributed by atoms with Crippen molar-refractivity contribution >= 4 is 29.2 Å². The average molecular weight is 268 g/mol. The highest BCUT2D eigenvalue weighted by atomic mass is 35.5. The van der Waals surface area contributed by atoms with Gasteiger partial charge in [-0.05, 0) is 30.7 Å². The number of aromatic nitrogens is 3. The Morgan fingerprint density at radius 3 is 2.61 bits per heavy atom. The molecule has 2 rings (SSSR count). The van der Waals surface area contributed by atoms with Gasteiger partial charge in [0.2, 0.25) is 17.2 Å². The number of anilines is 3. The van der Waals surface area contributed by atoms with Crippen molar-refractivity contribution < 1.29 is 4.39 Å². The Morgan fingerprint density at radius 2 is 1.89 bits per heavy atom. The summed E-state index contributed by atoms with van der Waals surface area (Å²) in [5, 5.41) is 5.72. The quantitative estimate of drug-likeness (QED) is 0.895. The van der Waals surface area contributed by atoms with E-state index < -0.39 is 0 Å². The fourth-order valence-electron chi connectivity index (χ4n) is 1.38. The molecule has 0 bridgehead atoms. The summed E-state index contributed by atoms with van der Waals surface area (Å²) in [5.41, 5.74) is 1.07. The zero-order valence-electron chi connectivity index (χ0n) is 9.83. The van der Waals surface area contributed by atoms with Crippen LogP contribution in [0.15, 0.2) is 18.2 Å². The fraction of sp³-hybridized carbons (Fsp3) is 0.182. The monoisotopic (exact) mass is 267 g/mol. The van der Waals surface area contributed by atoms with E-state index in [1.807, 2.05) is 0 Å². The summed E-state index contributed by atoms with van der Waals surface area (Å²) in [5.74, 6) is 0.300. The molecule has 0 radical (unpaired) electrons. The molecule has 0 amide bonds. The minimum Gasteiger partial charge on any atom is -0.357 e. The molecule has 94 valence electrons. The average Bonchev–Trinajstić information content (AvgIpc) is 2.34. The molecule has 1 aromatic carbocycles. The third kappa shape index (κ3) is 2.65. The van der Waals surface area contributed by atoms with Crippen molar-refractivity contribution in [3.8, 4) is 0 Å². The van der Waals surface area contributed by atoms with Crippen LogP contribution >= 0.6 is 11.6 Å². The summed E-state index contributed by atoms with van der Waals surface area (Å²) in [6.45, 7) is 1.67. The van der Waals surface area contributed by atoms with Crippen LogP contribution in [0.3, 0.4) is 0 Å². The smallest absolute Gasteiger partial charge is 0.233 e. The SMILES string of the molecule is CNc1nc(Cl)nc(Nc2cccc(F)c2C)n1. The van der Waals surface area contributed by atoms with Gasteiger partial charge in [0.25, 0.3) is 0 Å². The Kier molecular flexibility index (Phi) is 3.57. The van der Waals surface area contributed by atoms with Crippen molar-refractivity contribution in [1.82, 2.24) is 15.0 Å². The normalized spacial score (nSPS) is 10.2. The fourth-order valence-corrected chi connectivity index (χ4v) is 1.54. The zero-order chi connectivity index (χ0) is 13.1. The maximum absolute atomic E-state index is 13.4. The van der Waals surface area contributed by atoms with Crippen molar-refractivity contribution in [3.63, 3.8) is 0 Å². The van der Waals surface area contributed by atoms with E-state index in [2.05, 4.69) is 25.6 Å². The number of rotatable bonds is 3. The topological polar surface area (TPSA) is 62.7 Å². The molecule has 18 heavy (non-hydrogen) atoms. The Bertz CT molecular complexity index is 575. The number of hydrogen-bond acceptors (Lipinski definition) is 5. The number of nitrogens with one attached hydrogen (secondary N) is 2. The zero-order valence-corrected chi connectivity index (χ0v) is 10.6. The van der Waals surface area contributed by atoms with Gasteiger partial charge in [-0.1, -0.05) is 6.07 Å². The van der Waals surface area contributed by atoms with Crippen molar-refractivity contribution in [3.05, 3.63) is 34.9 Å². The highest BCUT2D eigenvalue weighted by Gasteiger charge is 2.07. The molecule has 0 aliphatic rings. The first-order chi connectivity index (χ1) is 8.60. The third-order valence-corrected chi connectivity index (χ3v) is 2.51. The summed E-state index contributed by atoms with van der Waals surface area (Å²) in [6.07, 6.45) is 0. The highest BCUT2D eigenvalue weighted by molar-refractivity contribution is 6.28. The van der Waals surface area contributed by atoms with Crippen LogP contribution in [0, 0.1) is 12.7 Å². The van der Waals surface area contributed by atoms with Crippen LogP contribution in [0.2, 0.25) is 5.28 Å². The van der Waals surface area contributed by atoms with Gasteiger partial charge in [0.1, 0.15) is 5.82 Å². The predicted molar refractivity (Wildman–Crippen MR) is 68.8 cm³/mol. The molecule has 5 nitrogen and oxygen atoms in total. The van der Waals surface area contributed by atoms with Crippen LogP contribution in [0.1, 0.15) is 5.56 Å². The summed E-state index contributed by atoms with van der Waals surface area (Å²) in [4.78, 5) is 11.8. The molecular weight excluding hydrogens is 257 g/mol. The van der Waals surface area contributed by atoms with Gasteiger partial charge in [-0.2, -0.15) is 15.0 Å². The molecular formula is C11H11ClFN5. The lowest BCUT2D eigenvalue weighted by Crippen LogP contribution is -2.04. The Hall–Kier alpha value is -1.95. The molecule has 0 aliphatic carbocycles. The second kappa shape index (κ2) is 5.14. The molecule has 0 unspecified atom stereocenters. The summed E-state index contributed by atoms with van der Waals surface area (Å²) < 4.78 is 13.4. The maximum atomic E-state index is 13.4. The highest BCUT2D eigenvalue weighted by Crippen LogP contribution is 2.21. The van der Waals surface area contributed by atoms with Gasteiger partial charge in [0, 0.05) is 18.3 Å². The Balaban J connectivity index is 2.34. The van der Waals surface area contributed by atoms with Gasteiger partial charge < -0.3 is 10.6 Å². The molecule has 0 atom stereocenters. The second-order valence-corrected chi connectivity index (χ2v) is 3.88. The van der Waals surface area contributed by atoms with E-state index in [9.17, 15) is 4.39 Å². The van der Waals surface area contributed by atoms with E-state index in [0.717, 1.165) is 0 Å². The van der Waals surface area contributed by atoms with Gasteiger partial charge in [-0.3, -0.25) is 0 Å². The molecule has 2 N–H and O–H groups in total. The van der Waals surface area contributed by atoms with Crippen LogP contribution in [-0.2, 0) is 0 Å². The van der Waals surface area contributed by atoms with Gasteiger partial charge in [0.05, 0.1) is 0 Å². The summed E-state index contributed by atoms with van der Waals surface area (Å²) in [7, 11) is 1.67. The van der Waals surface area contributed by atoms with Gasteiger partial charge in [0.15, 0.2) is 0 Å². The summed E-state index contributed by atoms with van der Waals surface area (Å²) >= 11 is 5.75. The number of benzene rings is 1. The molecule has 0 saturated heterocycles. The Morgan fingerprint density at radius 1 is 1.17 bits per heavy atom. The lowest BCUT2D eigenvalue weighted by atomic mass is 10.2. The first kappa shape index (κ1) is 12.5. The number of hydrogen-bond donors (Lipinski definition) is 2. The van der Waals surface area contributed by atoms with Crippen LogP contribution in [0.25, 0.3) is 0 Å². The minimum absolute atomic E-state index is 0.0610. The van der Waals surface area contributed by atoms with Gasteiger partial charge in [-0.15, -0.1) is 0 Å². The summed E-state index contributed by atoms with van der Waals surface area (Å²) in [6, 6.07) is 4.72. The van der Waals surface area contributed by atoms with Crippen molar-refractivity contribution in [2.75, 3.05) is 17.7 Å². The predicted octanol–water partition coefficient (Wildman–Crippen LogP) is 2.76. The molecule has 1 heterocycles. The van der Waals surface area contributed by atoms with E-state index in [0.29, 0.717) is 17.2 Å². The van der Waals surface area contributed by atoms with Crippen LogP contribution in [0.4, 0.5) is 22.0 Å². The largest absolute Gasteiger partial charge is 0.357 e. The van der Waals surface area contributed by atoms with E-state index >= 15 is 0 Å². The van der Waals surface area contributed by atoms with Crippen LogP contribution < -0.4 is 10.6 Å². The third-order valence-electron chi connectivity index (χ3n) is 2.35. The standard InChI is InChI=1S/C11H11ClFN5/c1-6-7(13)4-3-5-8(6)15-11-17-9(12)16-10(14-2)18-11/h3-5H,1-2H3,(H2,14,15,16,17,18). The van der Waals surface area contributed by atoms with E-state index in [1.165, 1.54) is 6.07 Å². The second-order valence-electron chi connectivity index (χ2n) is 3.54. The molecule has 0 spiro atoms. The van der Waals surface area contributed by atoms with E-state index in [1.54, 1.807) is 26.1 Å². The van der Waals surface area contributed by atoms with Crippen LogP contribution in [-0.4, -0.2) is 22.0 Å². The van der Waals surface area contributed by atoms with Gasteiger partial charge in [-0.25, -0.2) is 4.39 Å². The molecule has 7 heteroatoms. The van der Waals surface area contributed by atoms with Crippen molar-refractivity contribution in [1.29, 1.82) is 0 Å². The van der Waals surface area contributed by atoms with Crippen molar-refractivity contribution in [2.24, 2.45) is 0 Å². The molecule has 2 aromatic rings. The Labute approximate surface area is 108 Å². The molecule has 0 saturated carbocycles. The van der Waals surface area contributed by atoms with Crippen molar-refractivity contribution in [2.45, 2.75) is 6.92 Å². The minimum atomic E-state index is -0.297. The van der Waals surface area contributed by atoms with Crippen LogP contribution in [0.5, 0.6) is 0 Å². The van der Waals surface area contributed by atoms with E-state index in [-0.39, 0.29) is 17.0 Å². The first-order valence-electron chi connectivity index (χ1n) is 5.21. The lowest BCUT2D eigenvalue weighted by Gasteiger charge is -2.09.